The number of halogens is 1. The molecule has 0 spiro atoms. The maximum atomic E-state index is 13.9. The van der Waals surface area contributed by atoms with Crippen LogP contribution in [-0.2, 0) is 0 Å². The number of aromatic nitrogens is 6. The first-order valence-corrected chi connectivity index (χ1v) is 11.9. The number of H-pyrrole nitrogens is 2. The third kappa shape index (κ3) is 4.23. The van der Waals surface area contributed by atoms with Crippen LogP contribution in [0.1, 0.15) is 13.8 Å². The van der Waals surface area contributed by atoms with Gasteiger partial charge in [0.05, 0.1) is 46.7 Å². The average Bonchev–Trinajstić information content (AvgIpc) is 3.52. The van der Waals surface area contributed by atoms with Gasteiger partial charge in [0, 0.05) is 40.0 Å². The van der Waals surface area contributed by atoms with Crippen LogP contribution >= 0.6 is 0 Å². The Bertz CT molecular complexity index is 1780. The second kappa shape index (κ2) is 8.98. The molecule has 6 aromatic rings. The number of rotatable bonds is 6. The van der Waals surface area contributed by atoms with Crippen LogP contribution in [0, 0.1) is 11.7 Å². The summed E-state index contributed by atoms with van der Waals surface area (Å²) < 4.78 is 13.9. The van der Waals surface area contributed by atoms with Crippen molar-refractivity contribution < 1.29 is 4.39 Å². The molecule has 0 aliphatic rings. The lowest BCUT2D eigenvalue weighted by Crippen LogP contribution is -2.04. The molecule has 5 aromatic heterocycles. The summed E-state index contributed by atoms with van der Waals surface area (Å²) in [5, 5.41) is 12.8. The van der Waals surface area contributed by atoms with Crippen molar-refractivity contribution in [3.63, 3.8) is 0 Å². The molecule has 0 fully saturated rings. The van der Waals surface area contributed by atoms with Crippen molar-refractivity contribution >= 4 is 27.5 Å². The van der Waals surface area contributed by atoms with Gasteiger partial charge in [0.15, 0.2) is 0 Å². The lowest BCUT2D eigenvalue weighted by atomic mass is 10.0. The zero-order valence-corrected chi connectivity index (χ0v) is 20.4. The van der Waals surface area contributed by atoms with Crippen LogP contribution in [0.25, 0.3) is 55.6 Å². The highest BCUT2D eigenvalue weighted by Gasteiger charge is 2.16. The van der Waals surface area contributed by atoms with Gasteiger partial charge in [-0.15, -0.1) is 0 Å². The van der Waals surface area contributed by atoms with Crippen LogP contribution in [0.4, 0.5) is 10.1 Å². The molecule has 1 aromatic carbocycles. The normalized spacial score (nSPS) is 11.5. The van der Waals surface area contributed by atoms with Crippen LogP contribution in [-0.4, -0.2) is 30.1 Å². The van der Waals surface area contributed by atoms with Gasteiger partial charge < -0.3 is 10.3 Å². The molecule has 5 heterocycles. The Balaban J connectivity index is 1.41. The molecule has 0 saturated carbocycles. The Morgan fingerprint density at radius 2 is 1.78 bits per heavy atom. The Hall–Kier alpha value is -4.85. The van der Waals surface area contributed by atoms with Gasteiger partial charge in [-0.05, 0) is 41.8 Å². The molecule has 0 radical (unpaired) electrons. The molecule has 6 rings (SSSR count). The van der Waals surface area contributed by atoms with E-state index in [2.05, 4.69) is 55.9 Å². The van der Waals surface area contributed by atoms with E-state index in [1.165, 1.54) is 12.1 Å². The van der Waals surface area contributed by atoms with Gasteiger partial charge in [0.1, 0.15) is 11.5 Å². The standard InChI is InChI=1S/C29H24FN7/c1-16(2)17(3)34-21-8-19(11-31-12-21)25-10-23-28(15-33-25)36-37-29(23)26-9-22-24(13-32-14-27(22)35-26)18-5-4-6-20(30)7-18/h4-16,34-35H,3H2,1-2H3,(H,36,37). The first kappa shape index (κ1) is 22.6. The maximum absolute atomic E-state index is 13.9. The average molecular weight is 490 g/mol. The third-order valence-corrected chi connectivity index (χ3v) is 6.42. The fraction of sp³-hybridized carbons (Fsp3) is 0.103. The van der Waals surface area contributed by atoms with Crippen molar-refractivity contribution in [2.75, 3.05) is 5.32 Å². The molecule has 8 heteroatoms. The Kier molecular flexibility index (Phi) is 5.49. The molecule has 3 N–H and O–H groups in total. The van der Waals surface area contributed by atoms with Gasteiger partial charge in [-0.1, -0.05) is 32.6 Å². The Morgan fingerprint density at radius 3 is 2.62 bits per heavy atom. The van der Waals surface area contributed by atoms with Crippen LogP contribution < -0.4 is 5.32 Å². The fourth-order valence-corrected chi connectivity index (χ4v) is 4.32. The van der Waals surface area contributed by atoms with E-state index in [0.717, 1.165) is 67.0 Å². The van der Waals surface area contributed by atoms with Crippen LogP contribution in [0.15, 0.2) is 85.7 Å². The largest absolute Gasteiger partial charge is 0.358 e. The molecule has 37 heavy (non-hydrogen) atoms. The molecular weight excluding hydrogens is 465 g/mol. The summed E-state index contributed by atoms with van der Waals surface area (Å²) in [5.41, 5.74) is 8.30. The monoisotopic (exact) mass is 489 g/mol. The summed E-state index contributed by atoms with van der Waals surface area (Å²) in [6, 6.07) is 12.6. The highest BCUT2D eigenvalue weighted by atomic mass is 19.1. The molecule has 0 aliphatic heterocycles. The number of benzene rings is 1. The molecule has 0 bridgehead atoms. The molecule has 0 unspecified atom stereocenters. The smallest absolute Gasteiger partial charge is 0.123 e. The van der Waals surface area contributed by atoms with Crippen molar-refractivity contribution in [1.29, 1.82) is 0 Å². The summed E-state index contributed by atoms with van der Waals surface area (Å²) in [7, 11) is 0. The van der Waals surface area contributed by atoms with E-state index >= 15 is 0 Å². The van der Waals surface area contributed by atoms with E-state index in [4.69, 9.17) is 0 Å². The van der Waals surface area contributed by atoms with Crippen molar-refractivity contribution in [2.45, 2.75) is 13.8 Å². The summed E-state index contributed by atoms with van der Waals surface area (Å²) in [6.45, 7) is 8.26. The van der Waals surface area contributed by atoms with Crippen LogP contribution in [0.5, 0.6) is 0 Å². The van der Waals surface area contributed by atoms with Gasteiger partial charge >= 0.3 is 0 Å². The number of nitrogens with zero attached hydrogens (tertiary/aromatic N) is 4. The topological polar surface area (TPSA) is 95.2 Å². The zero-order chi connectivity index (χ0) is 25.5. The minimum Gasteiger partial charge on any atom is -0.358 e. The summed E-state index contributed by atoms with van der Waals surface area (Å²) in [4.78, 5) is 16.8. The van der Waals surface area contributed by atoms with E-state index in [-0.39, 0.29) is 5.82 Å². The highest BCUT2D eigenvalue weighted by Crippen LogP contribution is 2.34. The van der Waals surface area contributed by atoms with E-state index in [1.807, 2.05) is 24.3 Å². The SMILES string of the molecule is C=C(Nc1cncc(-c2cc3c(-c4cc5c(-c6cccc(F)c6)cncc5[nH]4)n[nH]c3cn2)c1)C(C)C. The number of fused-ring (bicyclic) bond motifs is 2. The number of pyridine rings is 3. The van der Waals surface area contributed by atoms with Crippen LogP contribution in [0.3, 0.4) is 0 Å². The minimum atomic E-state index is -0.286. The Morgan fingerprint density at radius 1 is 0.919 bits per heavy atom. The summed E-state index contributed by atoms with van der Waals surface area (Å²) >= 11 is 0. The van der Waals surface area contributed by atoms with E-state index in [0.29, 0.717) is 5.92 Å². The summed E-state index contributed by atoms with van der Waals surface area (Å²) in [5.74, 6) is 0.0189. The van der Waals surface area contributed by atoms with E-state index < -0.39 is 0 Å². The molecule has 182 valence electrons. The first-order chi connectivity index (χ1) is 18.0. The molecule has 0 amide bonds. The van der Waals surface area contributed by atoms with Crippen molar-refractivity contribution in [3.8, 4) is 33.8 Å². The highest BCUT2D eigenvalue weighted by molar-refractivity contribution is 6.01. The third-order valence-electron chi connectivity index (χ3n) is 6.42. The molecule has 0 saturated heterocycles. The first-order valence-electron chi connectivity index (χ1n) is 11.9. The molecule has 0 aliphatic carbocycles. The lowest BCUT2D eigenvalue weighted by molar-refractivity contribution is 0.628. The van der Waals surface area contributed by atoms with Gasteiger partial charge in [-0.2, -0.15) is 5.10 Å². The fourth-order valence-electron chi connectivity index (χ4n) is 4.32. The van der Waals surface area contributed by atoms with Gasteiger partial charge in [-0.3, -0.25) is 20.1 Å². The molecule has 0 atom stereocenters. The zero-order valence-electron chi connectivity index (χ0n) is 20.4. The number of anilines is 1. The predicted molar refractivity (Wildman–Crippen MR) is 145 cm³/mol. The van der Waals surface area contributed by atoms with Crippen molar-refractivity contribution in [3.05, 3.63) is 91.5 Å². The number of hydrogen-bond acceptors (Lipinski definition) is 5. The maximum Gasteiger partial charge on any atom is 0.123 e. The summed E-state index contributed by atoms with van der Waals surface area (Å²) in [6.07, 6.45) is 8.85. The molecular formula is C29H24FN7. The second-order valence-corrected chi connectivity index (χ2v) is 9.30. The van der Waals surface area contributed by atoms with E-state index in [1.54, 1.807) is 37.1 Å². The van der Waals surface area contributed by atoms with E-state index in [9.17, 15) is 4.39 Å². The van der Waals surface area contributed by atoms with Gasteiger partial charge in [-0.25, -0.2) is 4.39 Å². The van der Waals surface area contributed by atoms with Crippen molar-refractivity contribution in [1.82, 2.24) is 30.1 Å². The van der Waals surface area contributed by atoms with Gasteiger partial charge in [0.2, 0.25) is 0 Å². The van der Waals surface area contributed by atoms with Crippen LogP contribution in [0.2, 0.25) is 0 Å². The minimum absolute atomic E-state index is 0.286. The predicted octanol–water partition coefficient (Wildman–Crippen LogP) is 6.95. The Labute approximate surface area is 212 Å². The quantitative estimate of drug-likeness (QED) is 0.235. The number of aromatic amines is 2. The van der Waals surface area contributed by atoms with Gasteiger partial charge in [0.25, 0.3) is 0 Å². The van der Waals surface area contributed by atoms with Crippen molar-refractivity contribution in [2.24, 2.45) is 5.92 Å². The number of allylic oxidation sites excluding steroid dienone is 1. The second-order valence-electron chi connectivity index (χ2n) is 9.30. The number of hydrogen-bond donors (Lipinski definition) is 3. The molecule has 7 nitrogen and oxygen atoms in total. The lowest BCUT2D eigenvalue weighted by Gasteiger charge is -2.13. The number of nitrogens with one attached hydrogen (secondary N) is 3.